The molecule has 3 aliphatic heterocycles. The predicted molar refractivity (Wildman–Crippen MR) is 139 cm³/mol. The first kappa shape index (κ1) is 28.5. The summed E-state index contributed by atoms with van der Waals surface area (Å²) in [6, 6.07) is -0.953. The van der Waals surface area contributed by atoms with Gasteiger partial charge in [-0.15, -0.1) is 0 Å². The predicted octanol–water partition coefficient (Wildman–Crippen LogP) is 2.31. The fourth-order valence-electron chi connectivity index (χ4n) is 7.33. The highest BCUT2D eigenvalue weighted by Crippen LogP contribution is 2.36. The zero-order chi connectivity index (χ0) is 26.7. The van der Waals surface area contributed by atoms with Crippen molar-refractivity contribution >= 4 is 5.91 Å². The fraction of sp³-hybridized carbons (Fsp3) is 0.963. The van der Waals surface area contributed by atoms with E-state index in [0.717, 1.165) is 71.0 Å². The van der Waals surface area contributed by atoms with Crippen LogP contribution in [0.1, 0.15) is 77.6 Å². The minimum Gasteiger partial charge on any atom is -0.352 e. The maximum absolute atomic E-state index is 13.9. The van der Waals surface area contributed by atoms with Crippen molar-refractivity contribution in [1.82, 2.24) is 31.9 Å². The molecule has 2 aliphatic carbocycles. The Labute approximate surface area is 224 Å². The number of rotatable bonds is 6. The van der Waals surface area contributed by atoms with E-state index in [-0.39, 0.29) is 24.3 Å². The lowest BCUT2D eigenvalue weighted by atomic mass is 9.82. The highest BCUT2D eigenvalue weighted by molar-refractivity contribution is 5.83. The zero-order valence-corrected chi connectivity index (χ0v) is 22.6. The van der Waals surface area contributed by atoms with Crippen LogP contribution < -0.4 is 31.9 Å². The van der Waals surface area contributed by atoms with E-state index < -0.39 is 30.5 Å². The number of nitrogens with one attached hydrogen (secondary N) is 6. The summed E-state index contributed by atoms with van der Waals surface area (Å²) in [5, 5.41) is 20.4. The van der Waals surface area contributed by atoms with Gasteiger partial charge in [-0.2, -0.15) is 13.2 Å². The number of piperidine rings is 1. The summed E-state index contributed by atoms with van der Waals surface area (Å²) in [5.74, 6) is 0.475. The first-order valence-electron chi connectivity index (χ1n) is 15.0. The summed E-state index contributed by atoms with van der Waals surface area (Å²) in [6.07, 6.45) is 3.29. The van der Waals surface area contributed by atoms with Gasteiger partial charge < -0.3 is 15.4 Å². The van der Waals surface area contributed by atoms with E-state index in [2.05, 4.69) is 38.8 Å². The summed E-state index contributed by atoms with van der Waals surface area (Å²) in [6.45, 7) is 5.31. The number of ether oxygens (including phenoxy) is 1. The Balaban J connectivity index is 1.15. The molecule has 38 heavy (non-hydrogen) atoms. The van der Waals surface area contributed by atoms with Crippen LogP contribution in [0.5, 0.6) is 0 Å². The van der Waals surface area contributed by atoms with Crippen LogP contribution in [-0.4, -0.2) is 74.5 Å². The first-order valence-corrected chi connectivity index (χ1v) is 15.0. The number of hydrogen-bond donors (Lipinski definition) is 6. The zero-order valence-electron chi connectivity index (χ0n) is 22.6. The highest BCUT2D eigenvalue weighted by Gasteiger charge is 2.55. The molecule has 3 saturated heterocycles. The molecule has 5 fully saturated rings. The van der Waals surface area contributed by atoms with E-state index in [1.807, 2.05) is 0 Å². The lowest BCUT2D eigenvalue weighted by molar-refractivity contribution is -0.221. The van der Waals surface area contributed by atoms with E-state index in [1.165, 1.54) is 12.8 Å². The summed E-state index contributed by atoms with van der Waals surface area (Å²) < 4.78 is 47.0. The molecule has 0 aromatic carbocycles. The number of alkyl halides is 3. The van der Waals surface area contributed by atoms with Crippen molar-refractivity contribution in [2.75, 3.05) is 19.6 Å². The molecular formula is C27H47F3N6O2. The summed E-state index contributed by atoms with van der Waals surface area (Å²) in [4.78, 5) is 13.2. The van der Waals surface area contributed by atoms with Gasteiger partial charge in [0.1, 0.15) is 18.6 Å². The molecule has 3 heterocycles. The Morgan fingerprint density at radius 2 is 1.71 bits per heavy atom. The Bertz CT molecular complexity index is 776. The molecule has 1 amide bonds. The molecular weight excluding hydrogens is 497 g/mol. The van der Waals surface area contributed by atoms with E-state index >= 15 is 0 Å². The molecule has 218 valence electrons. The summed E-state index contributed by atoms with van der Waals surface area (Å²) in [7, 11) is 0. The average Bonchev–Trinajstić information content (AvgIpc) is 3.39. The summed E-state index contributed by atoms with van der Waals surface area (Å²) >= 11 is 0. The third-order valence-corrected chi connectivity index (χ3v) is 9.63. The van der Waals surface area contributed by atoms with Crippen LogP contribution in [0.4, 0.5) is 13.2 Å². The quantitative estimate of drug-likeness (QED) is 0.305. The number of carbonyl (C=O) groups is 1. The molecule has 2 saturated carbocycles. The van der Waals surface area contributed by atoms with Crippen LogP contribution in [0.15, 0.2) is 0 Å². The van der Waals surface area contributed by atoms with E-state index in [1.54, 1.807) is 0 Å². The van der Waals surface area contributed by atoms with E-state index in [9.17, 15) is 18.0 Å². The van der Waals surface area contributed by atoms with E-state index in [4.69, 9.17) is 4.74 Å². The summed E-state index contributed by atoms with van der Waals surface area (Å²) in [5.41, 5.74) is 0. The van der Waals surface area contributed by atoms with Crippen LogP contribution in [-0.2, 0) is 9.53 Å². The number of halogens is 3. The monoisotopic (exact) mass is 544 g/mol. The van der Waals surface area contributed by atoms with Gasteiger partial charge >= 0.3 is 6.18 Å². The SMILES string of the molecule is CC1CCC(NC(=O)C2NC(C3CCCCC3)OC2C(F)(F)F)CC1NC1NCCC(C2CCCNC2)N1. The third-order valence-electron chi connectivity index (χ3n) is 9.63. The lowest BCUT2D eigenvalue weighted by Gasteiger charge is -2.43. The van der Waals surface area contributed by atoms with Gasteiger partial charge in [0.15, 0.2) is 6.10 Å². The second-order valence-corrected chi connectivity index (χ2v) is 12.4. The van der Waals surface area contributed by atoms with Gasteiger partial charge in [0.05, 0.1) is 0 Å². The van der Waals surface area contributed by atoms with Gasteiger partial charge in [-0.05, 0) is 88.8 Å². The van der Waals surface area contributed by atoms with Crippen molar-refractivity contribution in [3.63, 3.8) is 0 Å². The number of carbonyl (C=O) groups excluding carboxylic acids is 1. The molecule has 9 atom stereocenters. The van der Waals surface area contributed by atoms with Crippen molar-refractivity contribution in [2.24, 2.45) is 17.8 Å². The smallest absolute Gasteiger partial charge is 0.352 e. The molecule has 8 nitrogen and oxygen atoms in total. The maximum atomic E-state index is 13.9. The molecule has 6 N–H and O–H groups in total. The normalized spacial score (nSPS) is 41.6. The first-order chi connectivity index (χ1) is 18.3. The Kier molecular flexibility index (Phi) is 9.53. The lowest BCUT2D eigenvalue weighted by Crippen LogP contribution is -2.66. The minimum atomic E-state index is -4.59. The van der Waals surface area contributed by atoms with Gasteiger partial charge in [-0.25, -0.2) is 0 Å². The van der Waals surface area contributed by atoms with Crippen molar-refractivity contribution in [3.05, 3.63) is 0 Å². The molecule has 11 heteroatoms. The molecule has 5 rings (SSSR count). The molecule has 0 radical (unpaired) electrons. The number of amides is 1. The Hall–Kier alpha value is -0.980. The van der Waals surface area contributed by atoms with Crippen LogP contribution in [0.2, 0.25) is 0 Å². The van der Waals surface area contributed by atoms with Gasteiger partial charge in [0, 0.05) is 18.1 Å². The topological polar surface area (TPSA) is 98.5 Å². The average molecular weight is 545 g/mol. The van der Waals surface area contributed by atoms with Crippen LogP contribution >= 0.6 is 0 Å². The minimum absolute atomic E-state index is 0.00617. The third kappa shape index (κ3) is 7.01. The van der Waals surface area contributed by atoms with E-state index in [0.29, 0.717) is 24.3 Å². The number of hydrogen-bond acceptors (Lipinski definition) is 7. The molecule has 0 spiro atoms. The van der Waals surface area contributed by atoms with Gasteiger partial charge in [0.2, 0.25) is 5.91 Å². The van der Waals surface area contributed by atoms with Gasteiger partial charge in [-0.3, -0.25) is 26.1 Å². The molecule has 0 aromatic heterocycles. The highest BCUT2D eigenvalue weighted by atomic mass is 19.4. The standard InChI is InChI=1S/C27H47F3N6O2/c1-16-9-10-19(14-21(16)35-26-32-13-11-20(34-26)18-8-5-12-31-15-18)33-24(37)22-23(27(28,29)30)38-25(36-22)17-6-3-2-4-7-17/h16-23,25-26,31-32,34-36H,2-15H2,1H3,(H,33,37). The Morgan fingerprint density at radius 1 is 0.921 bits per heavy atom. The maximum Gasteiger partial charge on any atom is 0.416 e. The van der Waals surface area contributed by atoms with Crippen molar-refractivity contribution in [2.45, 2.75) is 127 Å². The second kappa shape index (κ2) is 12.7. The Morgan fingerprint density at radius 3 is 2.45 bits per heavy atom. The van der Waals surface area contributed by atoms with Crippen LogP contribution in [0.25, 0.3) is 0 Å². The van der Waals surface area contributed by atoms with Gasteiger partial charge in [-0.1, -0.05) is 26.2 Å². The second-order valence-electron chi connectivity index (χ2n) is 12.4. The molecule has 9 unspecified atom stereocenters. The van der Waals surface area contributed by atoms with Gasteiger partial charge in [0.25, 0.3) is 0 Å². The largest absolute Gasteiger partial charge is 0.416 e. The molecule has 0 bridgehead atoms. The van der Waals surface area contributed by atoms with Crippen LogP contribution in [0, 0.1) is 17.8 Å². The van der Waals surface area contributed by atoms with Crippen molar-refractivity contribution in [3.8, 4) is 0 Å². The van der Waals surface area contributed by atoms with Crippen LogP contribution in [0.3, 0.4) is 0 Å². The van der Waals surface area contributed by atoms with Crippen molar-refractivity contribution < 1.29 is 22.7 Å². The fourth-order valence-corrected chi connectivity index (χ4v) is 7.33. The van der Waals surface area contributed by atoms with Crippen molar-refractivity contribution in [1.29, 1.82) is 0 Å². The molecule has 5 aliphatic rings. The molecule has 0 aromatic rings.